The zero-order chi connectivity index (χ0) is 20.9. The number of para-hydroxylation sites is 1. The normalized spacial score (nSPS) is 25.4. The fourth-order valence-corrected chi connectivity index (χ4v) is 5.81. The van der Waals surface area contributed by atoms with Crippen LogP contribution in [0.2, 0.25) is 0 Å². The van der Waals surface area contributed by atoms with Crippen LogP contribution in [0.5, 0.6) is 0 Å². The van der Waals surface area contributed by atoms with Crippen LogP contribution in [0.1, 0.15) is 42.5 Å². The molecule has 4 heteroatoms. The number of aromatic nitrogens is 2. The predicted octanol–water partition coefficient (Wildman–Crippen LogP) is 5.40. The number of aryl methyl sites for hydroxylation is 1. The number of imidazole rings is 1. The lowest BCUT2D eigenvalue weighted by atomic mass is 9.54. The van der Waals surface area contributed by atoms with Crippen LogP contribution in [0.15, 0.2) is 72.0 Å². The number of hydrogen-bond acceptors (Lipinski definition) is 3. The van der Waals surface area contributed by atoms with Gasteiger partial charge in [0, 0.05) is 29.1 Å². The van der Waals surface area contributed by atoms with Crippen LogP contribution in [0, 0.1) is 30.1 Å². The molecule has 0 amide bonds. The van der Waals surface area contributed by atoms with Gasteiger partial charge in [0.2, 0.25) is 0 Å². The Morgan fingerprint density at radius 1 is 1.10 bits per heavy atom. The number of rotatable bonds is 2. The molecule has 150 valence electrons. The minimum Gasteiger partial charge on any atom is -0.511 e. The number of fused-ring (bicyclic) bond motifs is 3. The van der Waals surface area contributed by atoms with Gasteiger partial charge in [-0.05, 0) is 43.4 Å². The maximum absolute atomic E-state index is 10.8. The Bertz CT molecular complexity index is 1170. The Morgan fingerprint density at radius 3 is 2.43 bits per heavy atom. The quantitative estimate of drug-likeness (QED) is 0.631. The number of benzene rings is 2. The average Bonchev–Trinajstić information content (AvgIpc) is 3.13. The van der Waals surface area contributed by atoms with Gasteiger partial charge < -0.3 is 9.67 Å². The van der Waals surface area contributed by atoms with Crippen molar-refractivity contribution < 1.29 is 5.11 Å². The first kappa shape index (κ1) is 18.7. The molecule has 0 bridgehead atoms. The molecule has 0 radical (unpaired) electrons. The molecule has 1 heterocycles. The summed E-state index contributed by atoms with van der Waals surface area (Å²) in [5.74, 6) is 1.34. The SMILES string of the molecule is Cc1nc2c(n1-c1ccccc1)CC[C@H]1[C@H](C)C(O)=C(C#N)C[C@]21c1ccccc1. The summed E-state index contributed by atoms with van der Waals surface area (Å²) in [5, 5.41) is 20.6. The van der Waals surface area contributed by atoms with Crippen LogP contribution in [0.3, 0.4) is 0 Å². The van der Waals surface area contributed by atoms with Crippen molar-refractivity contribution in [2.45, 2.75) is 38.5 Å². The highest BCUT2D eigenvalue weighted by Crippen LogP contribution is 2.56. The number of nitriles is 1. The monoisotopic (exact) mass is 395 g/mol. The largest absolute Gasteiger partial charge is 0.511 e. The first-order chi connectivity index (χ1) is 14.6. The second-order valence-electron chi connectivity index (χ2n) is 8.55. The smallest absolute Gasteiger partial charge is 0.110 e. The van der Waals surface area contributed by atoms with Gasteiger partial charge in [-0.15, -0.1) is 0 Å². The molecule has 2 aliphatic carbocycles. The zero-order valence-electron chi connectivity index (χ0n) is 17.3. The number of aliphatic hydroxyl groups excluding tert-OH is 1. The van der Waals surface area contributed by atoms with Crippen LogP contribution < -0.4 is 0 Å². The molecule has 0 unspecified atom stereocenters. The topological polar surface area (TPSA) is 61.8 Å². The van der Waals surface area contributed by atoms with E-state index in [1.807, 2.05) is 12.1 Å². The molecule has 1 aromatic heterocycles. The maximum Gasteiger partial charge on any atom is 0.110 e. The molecular weight excluding hydrogens is 370 g/mol. The molecule has 3 atom stereocenters. The first-order valence-corrected chi connectivity index (χ1v) is 10.6. The summed E-state index contributed by atoms with van der Waals surface area (Å²) in [7, 11) is 0. The van der Waals surface area contributed by atoms with Crippen LogP contribution in [-0.4, -0.2) is 14.7 Å². The van der Waals surface area contributed by atoms with Gasteiger partial charge in [-0.2, -0.15) is 5.26 Å². The van der Waals surface area contributed by atoms with Crippen molar-refractivity contribution in [3.8, 4) is 11.8 Å². The summed E-state index contributed by atoms with van der Waals surface area (Å²) in [5.41, 5.74) is 4.68. The van der Waals surface area contributed by atoms with Crippen molar-refractivity contribution in [2.24, 2.45) is 11.8 Å². The molecule has 30 heavy (non-hydrogen) atoms. The van der Waals surface area contributed by atoms with E-state index >= 15 is 0 Å². The summed E-state index contributed by atoms with van der Waals surface area (Å²) in [4.78, 5) is 5.14. The van der Waals surface area contributed by atoms with E-state index < -0.39 is 5.41 Å². The molecule has 4 nitrogen and oxygen atoms in total. The third-order valence-electron chi connectivity index (χ3n) is 7.13. The molecule has 5 rings (SSSR count). The van der Waals surface area contributed by atoms with Crippen LogP contribution in [-0.2, 0) is 11.8 Å². The van der Waals surface area contributed by atoms with Crippen LogP contribution in [0.4, 0.5) is 0 Å². The minimum atomic E-state index is -0.406. The van der Waals surface area contributed by atoms with Crippen LogP contribution >= 0.6 is 0 Å². The van der Waals surface area contributed by atoms with E-state index in [4.69, 9.17) is 4.98 Å². The van der Waals surface area contributed by atoms with Crippen molar-refractivity contribution in [1.29, 1.82) is 5.26 Å². The molecule has 0 fully saturated rings. The second kappa shape index (κ2) is 6.88. The van der Waals surface area contributed by atoms with Gasteiger partial charge in [0.1, 0.15) is 11.6 Å². The van der Waals surface area contributed by atoms with E-state index in [1.54, 1.807) is 0 Å². The summed E-state index contributed by atoms with van der Waals surface area (Å²) in [6.45, 7) is 4.12. The third-order valence-corrected chi connectivity index (χ3v) is 7.13. The lowest BCUT2D eigenvalue weighted by molar-refractivity contribution is 0.150. The molecule has 1 N–H and O–H groups in total. The zero-order valence-corrected chi connectivity index (χ0v) is 17.3. The van der Waals surface area contributed by atoms with E-state index in [9.17, 15) is 10.4 Å². The molecule has 0 saturated carbocycles. The Balaban J connectivity index is 1.81. The lowest BCUT2D eigenvalue weighted by Crippen LogP contribution is -2.47. The fraction of sp³-hybridized carbons (Fsp3) is 0.308. The fourth-order valence-electron chi connectivity index (χ4n) is 5.81. The van der Waals surface area contributed by atoms with E-state index in [1.165, 1.54) is 11.3 Å². The van der Waals surface area contributed by atoms with Gasteiger partial charge in [-0.1, -0.05) is 55.5 Å². The Hall–Kier alpha value is -3.32. The number of allylic oxidation sites excluding steroid dienone is 2. The van der Waals surface area contributed by atoms with Gasteiger partial charge in [0.25, 0.3) is 0 Å². The van der Waals surface area contributed by atoms with Crippen molar-refractivity contribution in [1.82, 2.24) is 9.55 Å². The number of aliphatic hydroxyl groups is 1. The molecule has 0 saturated heterocycles. The summed E-state index contributed by atoms with van der Waals surface area (Å²) in [6.07, 6.45) is 2.35. The Labute approximate surface area is 177 Å². The molecule has 0 spiro atoms. The minimum absolute atomic E-state index is 0.0797. The van der Waals surface area contributed by atoms with E-state index in [2.05, 4.69) is 73.0 Å². The van der Waals surface area contributed by atoms with E-state index in [0.29, 0.717) is 12.0 Å². The van der Waals surface area contributed by atoms with Gasteiger partial charge in [-0.3, -0.25) is 0 Å². The molecular formula is C26H25N3O. The standard InChI is InChI=1S/C26H25N3O/c1-17-22-13-14-23-25(28-18(2)29(23)21-11-7-4-8-12-21)26(22,15-19(16-27)24(17)30)20-9-5-3-6-10-20/h3-12,17,22,30H,13-15H2,1-2H3/t17-,22-,26+/m0/s1. The number of hydrogen-bond donors (Lipinski definition) is 1. The van der Waals surface area contributed by atoms with E-state index in [-0.39, 0.29) is 17.6 Å². The maximum atomic E-state index is 10.8. The predicted molar refractivity (Wildman–Crippen MR) is 116 cm³/mol. The summed E-state index contributed by atoms with van der Waals surface area (Å²) < 4.78 is 2.27. The lowest BCUT2D eigenvalue weighted by Gasteiger charge is -2.49. The summed E-state index contributed by atoms with van der Waals surface area (Å²) in [6, 6.07) is 23.1. The van der Waals surface area contributed by atoms with Gasteiger partial charge >= 0.3 is 0 Å². The molecule has 0 aliphatic heterocycles. The average molecular weight is 396 g/mol. The van der Waals surface area contributed by atoms with Crippen molar-refractivity contribution >= 4 is 0 Å². The van der Waals surface area contributed by atoms with Gasteiger partial charge in [0.15, 0.2) is 0 Å². The first-order valence-electron chi connectivity index (χ1n) is 10.6. The van der Waals surface area contributed by atoms with Crippen molar-refractivity contribution in [3.05, 3.63) is 94.8 Å². The molecule has 2 aliphatic rings. The second-order valence-corrected chi connectivity index (χ2v) is 8.55. The highest BCUT2D eigenvalue weighted by Gasteiger charge is 2.54. The highest BCUT2D eigenvalue weighted by molar-refractivity contribution is 5.51. The van der Waals surface area contributed by atoms with Gasteiger partial charge in [0.05, 0.1) is 17.3 Å². The summed E-state index contributed by atoms with van der Waals surface area (Å²) >= 11 is 0. The Morgan fingerprint density at radius 2 is 1.77 bits per heavy atom. The molecule has 3 aromatic rings. The van der Waals surface area contributed by atoms with Crippen LogP contribution in [0.25, 0.3) is 5.69 Å². The van der Waals surface area contributed by atoms with Crippen molar-refractivity contribution in [2.75, 3.05) is 0 Å². The van der Waals surface area contributed by atoms with Gasteiger partial charge in [-0.25, -0.2) is 4.98 Å². The highest BCUT2D eigenvalue weighted by atomic mass is 16.3. The Kier molecular flexibility index (Phi) is 4.29. The van der Waals surface area contributed by atoms with E-state index in [0.717, 1.165) is 30.0 Å². The molecule has 2 aromatic carbocycles. The third kappa shape index (κ3) is 2.48. The number of nitrogens with zero attached hydrogens (tertiary/aromatic N) is 3. The van der Waals surface area contributed by atoms with Crippen molar-refractivity contribution in [3.63, 3.8) is 0 Å².